The van der Waals surface area contributed by atoms with Crippen molar-refractivity contribution in [2.24, 2.45) is 10.8 Å². The zero-order chi connectivity index (χ0) is 13.9. The van der Waals surface area contributed by atoms with Crippen LogP contribution in [0.5, 0.6) is 5.75 Å². The third-order valence-electron chi connectivity index (χ3n) is 2.34. The van der Waals surface area contributed by atoms with Crippen molar-refractivity contribution >= 4 is 11.6 Å². The molecular formula is C13H22N4O2. The van der Waals surface area contributed by atoms with Crippen molar-refractivity contribution in [1.82, 2.24) is 5.43 Å². The van der Waals surface area contributed by atoms with Crippen LogP contribution in [0.25, 0.3) is 0 Å². The number of hydrogen-bond donors (Lipinski definition) is 3. The van der Waals surface area contributed by atoms with E-state index in [1.807, 2.05) is 31.2 Å². The average Bonchev–Trinajstić information content (AvgIpc) is 2.44. The molecule has 0 spiro atoms. The zero-order valence-corrected chi connectivity index (χ0v) is 11.5. The Labute approximate surface area is 114 Å². The van der Waals surface area contributed by atoms with Crippen molar-refractivity contribution in [3.05, 3.63) is 24.3 Å². The summed E-state index contributed by atoms with van der Waals surface area (Å²) in [5, 5.41) is 3.09. The molecule has 0 saturated heterocycles. The Bertz CT molecular complexity index is 379. The van der Waals surface area contributed by atoms with E-state index >= 15 is 0 Å². The number of rotatable bonds is 7. The fourth-order valence-electron chi connectivity index (χ4n) is 1.46. The van der Waals surface area contributed by atoms with Gasteiger partial charge in [0.15, 0.2) is 0 Å². The molecule has 1 aromatic carbocycles. The van der Waals surface area contributed by atoms with E-state index in [1.54, 1.807) is 7.11 Å². The summed E-state index contributed by atoms with van der Waals surface area (Å²) in [5.74, 6) is 6.78. The van der Waals surface area contributed by atoms with Crippen LogP contribution in [-0.4, -0.2) is 32.8 Å². The van der Waals surface area contributed by atoms with Gasteiger partial charge in [0.1, 0.15) is 5.75 Å². The van der Waals surface area contributed by atoms with Gasteiger partial charge in [-0.15, -0.1) is 0 Å². The van der Waals surface area contributed by atoms with Crippen molar-refractivity contribution in [3.63, 3.8) is 0 Å². The molecule has 19 heavy (non-hydrogen) atoms. The minimum Gasteiger partial charge on any atom is -0.494 e. The molecule has 0 aliphatic carbocycles. The van der Waals surface area contributed by atoms with Crippen molar-refractivity contribution in [2.75, 3.05) is 32.2 Å². The van der Waals surface area contributed by atoms with Crippen LogP contribution in [0.15, 0.2) is 29.3 Å². The highest BCUT2D eigenvalue weighted by Crippen LogP contribution is 2.15. The first kappa shape index (κ1) is 15.3. The number of methoxy groups -OCH3 is 1. The highest BCUT2D eigenvalue weighted by Gasteiger charge is 1.98. The molecule has 0 saturated carbocycles. The lowest BCUT2D eigenvalue weighted by molar-refractivity contribution is 0.197. The zero-order valence-electron chi connectivity index (χ0n) is 11.5. The molecule has 0 fully saturated rings. The van der Waals surface area contributed by atoms with Crippen LogP contribution in [0.3, 0.4) is 0 Å². The van der Waals surface area contributed by atoms with Gasteiger partial charge in [-0.2, -0.15) is 0 Å². The molecule has 1 aromatic rings. The second-order valence-electron chi connectivity index (χ2n) is 3.80. The molecule has 0 aliphatic rings. The smallest absolute Gasteiger partial charge is 0.210 e. The van der Waals surface area contributed by atoms with Crippen molar-refractivity contribution < 1.29 is 9.47 Å². The second-order valence-corrected chi connectivity index (χ2v) is 3.80. The van der Waals surface area contributed by atoms with Crippen molar-refractivity contribution in [2.45, 2.75) is 13.3 Å². The number of hydrogen-bond acceptors (Lipinski definition) is 4. The lowest BCUT2D eigenvalue weighted by Gasteiger charge is -2.10. The monoisotopic (exact) mass is 266 g/mol. The Kier molecular flexibility index (Phi) is 7.38. The van der Waals surface area contributed by atoms with Crippen LogP contribution < -0.4 is 21.3 Å². The Balaban J connectivity index is 2.50. The van der Waals surface area contributed by atoms with Gasteiger partial charge in [-0.3, -0.25) is 10.4 Å². The molecule has 1 rings (SSSR count). The minimum absolute atomic E-state index is 0.528. The number of hydrazine groups is 1. The maximum Gasteiger partial charge on any atom is 0.210 e. The molecule has 0 bridgehead atoms. The third-order valence-corrected chi connectivity index (χ3v) is 2.34. The topological polar surface area (TPSA) is 80.9 Å². The van der Waals surface area contributed by atoms with Crippen LogP contribution >= 0.6 is 0 Å². The van der Waals surface area contributed by atoms with Gasteiger partial charge >= 0.3 is 0 Å². The number of guanidine groups is 1. The first-order valence-electron chi connectivity index (χ1n) is 6.30. The van der Waals surface area contributed by atoms with Crippen molar-refractivity contribution in [1.29, 1.82) is 0 Å². The maximum atomic E-state index is 5.41. The number of nitrogens with one attached hydrogen (secondary N) is 2. The SMILES string of the molecule is CCOc1ccc(NC(=NCCCOC)NN)cc1. The van der Waals surface area contributed by atoms with Gasteiger partial charge in [0.05, 0.1) is 6.61 Å². The first-order valence-corrected chi connectivity index (χ1v) is 6.30. The molecule has 0 atom stereocenters. The molecule has 4 N–H and O–H groups in total. The Morgan fingerprint density at radius 2 is 2.05 bits per heavy atom. The average molecular weight is 266 g/mol. The Morgan fingerprint density at radius 3 is 2.63 bits per heavy atom. The number of benzene rings is 1. The summed E-state index contributed by atoms with van der Waals surface area (Å²) < 4.78 is 10.3. The van der Waals surface area contributed by atoms with Crippen LogP contribution in [0, 0.1) is 0 Å². The first-order chi connectivity index (χ1) is 9.30. The van der Waals surface area contributed by atoms with Crippen LogP contribution in [-0.2, 0) is 4.74 Å². The van der Waals surface area contributed by atoms with Crippen LogP contribution in [0.2, 0.25) is 0 Å². The van der Waals surface area contributed by atoms with E-state index in [0.717, 1.165) is 17.9 Å². The van der Waals surface area contributed by atoms with Gasteiger partial charge in [0.2, 0.25) is 5.96 Å². The number of anilines is 1. The second kappa shape index (κ2) is 9.18. The molecule has 6 nitrogen and oxygen atoms in total. The van der Waals surface area contributed by atoms with Gasteiger partial charge in [-0.25, -0.2) is 5.84 Å². The summed E-state index contributed by atoms with van der Waals surface area (Å²) in [4.78, 5) is 4.29. The summed E-state index contributed by atoms with van der Waals surface area (Å²) in [5.41, 5.74) is 3.43. The van der Waals surface area contributed by atoms with Gasteiger partial charge in [-0.1, -0.05) is 0 Å². The molecule has 0 heterocycles. The number of aliphatic imine (C=N–C) groups is 1. The fourth-order valence-corrected chi connectivity index (χ4v) is 1.46. The molecule has 0 radical (unpaired) electrons. The maximum absolute atomic E-state index is 5.41. The van der Waals surface area contributed by atoms with Gasteiger partial charge in [0.25, 0.3) is 0 Å². The van der Waals surface area contributed by atoms with E-state index < -0.39 is 0 Å². The highest BCUT2D eigenvalue weighted by molar-refractivity contribution is 5.93. The predicted octanol–water partition coefficient (Wildman–Crippen LogP) is 1.35. The standard InChI is InChI=1S/C13H22N4O2/c1-3-19-12-7-5-11(6-8-12)16-13(17-14)15-9-4-10-18-2/h5-8H,3-4,9-10,14H2,1-2H3,(H2,15,16,17). The Hall–Kier alpha value is -1.79. The highest BCUT2D eigenvalue weighted by atomic mass is 16.5. The van der Waals surface area contributed by atoms with E-state index in [4.69, 9.17) is 15.3 Å². The molecule has 106 valence electrons. The lowest BCUT2D eigenvalue weighted by atomic mass is 10.3. The van der Waals surface area contributed by atoms with E-state index in [-0.39, 0.29) is 0 Å². The van der Waals surface area contributed by atoms with Crippen LogP contribution in [0.1, 0.15) is 13.3 Å². The van der Waals surface area contributed by atoms with E-state index in [1.165, 1.54) is 0 Å². The summed E-state index contributed by atoms with van der Waals surface area (Å²) in [6.07, 6.45) is 0.854. The lowest BCUT2D eigenvalue weighted by Crippen LogP contribution is -2.36. The van der Waals surface area contributed by atoms with Crippen molar-refractivity contribution in [3.8, 4) is 5.75 Å². The minimum atomic E-state index is 0.528. The third kappa shape index (κ3) is 6.08. The van der Waals surface area contributed by atoms with Crippen LogP contribution in [0.4, 0.5) is 5.69 Å². The van der Waals surface area contributed by atoms with E-state index in [2.05, 4.69) is 15.7 Å². The molecule has 6 heteroatoms. The Morgan fingerprint density at radius 1 is 1.32 bits per heavy atom. The summed E-state index contributed by atoms with van der Waals surface area (Å²) in [6, 6.07) is 7.61. The summed E-state index contributed by atoms with van der Waals surface area (Å²) in [7, 11) is 1.67. The fraction of sp³-hybridized carbons (Fsp3) is 0.462. The molecule has 0 unspecified atom stereocenters. The number of nitrogens with two attached hydrogens (primary N) is 1. The van der Waals surface area contributed by atoms with Gasteiger partial charge in [0, 0.05) is 25.9 Å². The van der Waals surface area contributed by atoms with E-state index in [0.29, 0.717) is 25.7 Å². The summed E-state index contributed by atoms with van der Waals surface area (Å²) >= 11 is 0. The number of nitrogens with zero attached hydrogens (tertiary/aromatic N) is 1. The largest absolute Gasteiger partial charge is 0.494 e. The predicted molar refractivity (Wildman–Crippen MR) is 77.4 cm³/mol. The molecular weight excluding hydrogens is 244 g/mol. The van der Waals surface area contributed by atoms with E-state index in [9.17, 15) is 0 Å². The quantitative estimate of drug-likeness (QED) is 0.228. The van der Waals surface area contributed by atoms with Gasteiger partial charge < -0.3 is 14.8 Å². The molecule has 0 aliphatic heterocycles. The molecule has 0 aromatic heterocycles. The van der Waals surface area contributed by atoms with Gasteiger partial charge in [-0.05, 0) is 37.6 Å². The summed E-state index contributed by atoms with van der Waals surface area (Å²) in [6.45, 7) is 3.94. The number of ether oxygens (including phenoxy) is 2. The normalized spacial score (nSPS) is 11.2. The molecule has 0 amide bonds.